The number of halogens is 1. The molecule has 6 heteroatoms. The van der Waals surface area contributed by atoms with Crippen molar-refractivity contribution in [2.24, 2.45) is 5.10 Å². The van der Waals surface area contributed by atoms with Gasteiger partial charge in [0.2, 0.25) is 0 Å². The van der Waals surface area contributed by atoms with E-state index in [9.17, 15) is 8.42 Å². The molecule has 0 N–H and O–H groups in total. The number of hydrogen-bond acceptors (Lipinski definition) is 3. The van der Waals surface area contributed by atoms with Crippen LogP contribution in [0.15, 0.2) is 94.9 Å². The molecule has 0 bridgehead atoms. The highest BCUT2D eigenvalue weighted by molar-refractivity contribution is 7.89. The van der Waals surface area contributed by atoms with Crippen molar-refractivity contribution in [2.75, 3.05) is 0 Å². The number of nitrogens with zero attached hydrogens (tertiary/aromatic N) is 2. The predicted octanol–water partition coefficient (Wildman–Crippen LogP) is 4.88. The van der Waals surface area contributed by atoms with Crippen molar-refractivity contribution in [3.05, 3.63) is 101 Å². The Labute approximate surface area is 163 Å². The van der Waals surface area contributed by atoms with Crippen molar-refractivity contribution in [3.8, 4) is 0 Å². The van der Waals surface area contributed by atoms with Crippen molar-refractivity contribution in [1.29, 1.82) is 0 Å². The first kappa shape index (κ1) is 17.8. The van der Waals surface area contributed by atoms with E-state index in [1.807, 2.05) is 48.5 Å². The van der Waals surface area contributed by atoms with Gasteiger partial charge >= 0.3 is 0 Å². The number of sulfonamides is 1. The SMILES string of the molecule is O=S(=O)(c1ccccc1)N1N=C(c2ccccc2)CC1c1ccccc1Cl. The molecule has 1 aliphatic rings. The summed E-state index contributed by atoms with van der Waals surface area (Å²) in [6.07, 6.45) is 0.458. The molecule has 1 aliphatic heterocycles. The summed E-state index contributed by atoms with van der Waals surface area (Å²) >= 11 is 6.39. The van der Waals surface area contributed by atoms with Gasteiger partial charge in [-0.25, -0.2) is 0 Å². The van der Waals surface area contributed by atoms with Crippen LogP contribution in [0.4, 0.5) is 0 Å². The van der Waals surface area contributed by atoms with Crippen LogP contribution in [-0.4, -0.2) is 18.5 Å². The quantitative estimate of drug-likeness (QED) is 0.631. The van der Waals surface area contributed by atoms with Crippen molar-refractivity contribution in [3.63, 3.8) is 0 Å². The largest absolute Gasteiger partial charge is 0.279 e. The zero-order valence-electron chi connectivity index (χ0n) is 14.4. The van der Waals surface area contributed by atoms with Crippen molar-refractivity contribution < 1.29 is 8.42 Å². The summed E-state index contributed by atoms with van der Waals surface area (Å²) in [5, 5.41) is 5.04. The molecule has 3 aromatic carbocycles. The molecule has 0 fully saturated rings. The van der Waals surface area contributed by atoms with Gasteiger partial charge in [0, 0.05) is 11.4 Å². The van der Waals surface area contributed by atoms with Crippen LogP contribution in [0.25, 0.3) is 0 Å². The predicted molar refractivity (Wildman–Crippen MR) is 107 cm³/mol. The molecule has 1 atom stereocenters. The second-order valence-corrected chi connectivity index (χ2v) is 8.45. The Morgan fingerprint density at radius 1 is 0.852 bits per heavy atom. The van der Waals surface area contributed by atoms with Gasteiger partial charge in [0.25, 0.3) is 10.0 Å². The van der Waals surface area contributed by atoms with Gasteiger partial charge in [0.05, 0.1) is 16.6 Å². The minimum absolute atomic E-state index is 0.208. The van der Waals surface area contributed by atoms with Gasteiger partial charge in [-0.05, 0) is 29.3 Å². The number of benzene rings is 3. The summed E-state index contributed by atoms with van der Waals surface area (Å²) in [7, 11) is -3.81. The van der Waals surface area contributed by atoms with Crippen LogP contribution in [0.5, 0.6) is 0 Å². The standard InChI is InChI=1S/C21H17ClN2O2S/c22-19-14-8-7-13-18(19)21-15-20(16-9-3-1-4-10-16)23-24(21)27(25,26)17-11-5-2-6-12-17/h1-14,21H,15H2. The number of rotatable bonds is 4. The fourth-order valence-electron chi connectivity index (χ4n) is 3.19. The first-order valence-electron chi connectivity index (χ1n) is 8.54. The lowest BCUT2D eigenvalue weighted by atomic mass is 9.99. The fraction of sp³-hybridized carbons (Fsp3) is 0.0952. The Bertz CT molecular complexity index is 1080. The lowest BCUT2D eigenvalue weighted by Crippen LogP contribution is -2.27. The van der Waals surface area contributed by atoms with E-state index in [0.717, 1.165) is 16.8 Å². The summed E-state index contributed by atoms with van der Waals surface area (Å²) in [5.74, 6) is 0. The van der Waals surface area contributed by atoms with Crippen LogP contribution in [0.2, 0.25) is 5.02 Å². The van der Waals surface area contributed by atoms with Crippen LogP contribution in [0.3, 0.4) is 0 Å². The Morgan fingerprint density at radius 2 is 1.44 bits per heavy atom. The average molecular weight is 397 g/mol. The Balaban J connectivity index is 1.83. The summed E-state index contributed by atoms with van der Waals surface area (Å²) in [6, 6.07) is 24.8. The van der Waals surface area contributed by atoms with Gasteiger partial charge in [-0.15, -0.1) is 0 Å². The van der Waals surface area contributed by atoms with Gasteiger partial charge < -0.3 is 0 Å². The molecule has 1 heterocycles. The van der Waals surface area contributed by atoms with E-state index >= 15 is 0 Å². The molecule has 27 heavy (non-hydrogen) atoms. The minimum atomic E-state index is -3.81. The lowest BCUT2D eigenvalue weighted by Gasteiger charge is -2.24. The third-order valence-corrected chi connectivity index (χ3v) is 6.57. The highest BCUT2D eigenvalue weighted by Crippen LogP contribution is 2.39. The van der Waals surface area contributed by atoms with Gasteiger partial charge in [0.15, 0.2) is 0 Å². The summed E-state index contributed by atoms with van der Waals surface area (Å²) in [5.41, 5.74) is 2.37. The van der Waals surface area contributed by atoms with Crippen molar-refractivity contribution >= 4 is 27.3 Å². The van der Waals surface area contributed by atoms with E-state index in [-0.39, 0.29) is 4.90 Å². The Kier molecular flexibility index (Phi) is 4.72. The van der Waals surface area contributed by atoms with Crippen molar-refractivity contribution in [2.45, 2.75) is 17.4 Å². The molecule has 0 saturated carbocycles. The molecule has 1 unspecified atom stereocenters. The maximum absolute atomic E-state index is 13.3. The number of hydrazone groups is 1. The van der Waals surface area contributed by atoms with Gasteiger partial charge in [-0.1, -0.05) is 78.3 Å². The van der Waals surface area contributed by atoms with Crippen LogP contribution >= 0.6 is 11.6 Å². The topological polar surface area (TPSA) is 49.7 Å². The molecular formula is C21H17ClN2O2S. The molecule has 4 rings (SSSR count). The number of hydrogen-bond donors (Lipinski definition) is 0. The summed E-state index contributed by atoms with van der Waals surface area (Å²) in [6.45, 7) is 0. The lowest BCUT2D eigenvalue weighted by molar-refractivity contribution is 0.371. The third-order valence-electron chi connectivity index (χ3n) is 4.53. The zero-order chi connectivity index (χ0) is 18.9. The average Bonchev–Trinajstić information content (AvgIpc) is 3.16. The van der Waals surface area contributed by atoms with Gasteiger partial charge in [-0.3, -0.25) is 0 Å². The highest BCUT2D eigenvalue weighted by atomic mass is 35.5. The van der Waals surface area contributed by atoms with E-state index in [1.54, 1.807) is 36.4 Å². The van der Waals surface area contributed by atoms with Crippen LogP contribution in [0, 0.1) is 0 Å². The van der Waals surface area contributed by atoms with Gasteiger partial charge in [-0.2, -0.15) is 17.9 Å². The fourth-order valence-corrected chi connectivity index (χ4v) is 4.90. The smallest absolute Gasteiger partial charge is 0.200 e. The van der Waals surface area contributed by atoms with Crippen LogP contribution < -0.4 is 0 Å². The third kappa shape index (κ3) is 3.36. The maximum Gasteiger partial charge on any atom is 0.279 e. The monoisotopic (exact) mass is 396 g/mol. The first-order chi connectivity index (χ1) is 13.1. The molecule has 0 radical (unpaired) electrons. The Morgan fingerprint density at radius 3 is 2.11 bits per heavy atom. The second-order valence-electron chi connectivity index (χ2n) is 6.24. The molecule has 0 spiro atoms. The molecule has 0 saturated heterocycles. The maximum atomic E-state index is 13.3. The Hall–Kier alpha value is -2.63. The summed E-state index contributed by atoms with van der Waals surface area (Å²) in [4.78, 5) is 0.208. The second kappa shape index (κ2) is 7.18. The molecule has 4 nitrogen and oxygen atoms in total. The van der Waals surface area contributed by atoms with E-state index in [2.05, 4.69) is 5.10 Å². The van der Waals surface area contributed by atoms with Crippen LogP contribution in [0.1, 0.15) is 23.6 Å². The van der Waals surface area contributed by atoms with Gasteiger partial charge in [0.1, 0.15) is 0 Å². The minimum Gasteiger partial charge on any atom is -0.200 e. The van der Waals surface area contributed by atoms with E-state index in [4.69, 9.17) is 11.6 Å². The van der Waals surface area contributed by atoms with E-state index in [0.29, 0.717) is 11.4 Å². The van der Waals surface area contributed by atoms with Crippen molar-refractivity contribution in [1.82, 2.24) is 4.41 Å². The first-order valence-corrected chi connectivity index (χ1v) is 10.4. The molecule has 3 aromatic rings. The normalized spacial score (nSPS) is 17.0. The molecular weight excluding hydrogens is 380 g/mol. The molecule has 136 valence electrons. The van der Waals surface area contributed by atoms with E-state index in [1.165, 1.54) is 4.41 Å². The summed E-state index contributed by atoms with van der Waals surface area (Å²) < 4.78 is 27.8. The molecule has 0 aromatic heterocycles. The highest BCUT2D eigenvalue weighted by Gasteiger charge is 2.38. The molecule has 0 amide bonds. The van der Waals surface area contributed by atoms with Crippen LogP contribution in [-0.2, 0) is 10.0 Å². The zero-order valence-corrected chi connectivity index (χ0v) is 15.9. The van der Waals surface area contributed by atoms with E-state index < -0.39 is 16.1 Å². The molecule has 0 aliphatic carbocycles.